The Bertz CT molecular complexity index is 1060. The van der Waals surface area contributed by atoms with Crippen LogP contribution in [0.2, 0.25) is 0 Å². The molecule has 1 N–H and O–H groups in total. The molecular weight excluding hydrogens is 419 g/mol. The van der Waals surface area contributed by atoms with Crippen LogP contribution in [0.25, 0.3) is 0 Å². The lowest BCUT2D eigenvalue weighted by atomic mass is 10.1. The summed E-state index contributed by atoms with van der Waals surface area (Å²) in [4.78, 5) is 24.4. The van der Waals surface area contributed by atoms with Crippen molar-refractivity contribution >= 4 is 17.9 Å². The number of hydrogen-bond acceptors (Lipinski definition) is 6. The van der Waals surface area contributed by atoms with Gasteiger partial charge < -0.3 is 15.0 Å². The van der Waals surface area contributed by atoms with E-state index in [9.17, 15) is 13.6 Å². The number of carbonyl (C=O) groups is 1. The molecule has 1 aromatic carbocycles. The predicted octanol–water partition coefficient (Wildman–Crippen LogP) is 4.47. The minimum Gasteiger partial charge on any atom is -0.363 e. The highest BCUT2D eigenvalue weighted by atomic mass is 19.3. The molecule has 166 valence electrons. The third kappa shape index (κ3) is 5.22. The van der Waals surface area contributed by atoms with Gasteiger partial charge in [0.2, 0.25) is 5.82 Å². The predicted molar refractivity (Wildman–Crippen MR) is 114 cm³/mol. The van der Waals surface area contributed by atoms with Gasteiger partial charge in [0.05, 0.1) is 0 Å². The Morgan fingerprint density at radius 2 is 1.75 bits per heavy atom. The molecule has 9 heteroatoms. The van der Waals surface area contributed by atoms with E-state index < -0.39 is 12.2 Å². The SMILES string of the molecule is O=CCc1ccc(CNc2ncnc(N(Cc3ccc(C(F)F)nc3)C3CC3)c2F)cc1. The van der Waals surface area contributed by atoms with E-state index in [4.69, 9.17) is 0 Å². The smallest absolute Gasteiger partial charge is 0.280 e. The van der Waals surface area contributed by atoms with Gasteiger partial charge in [-0.3, -0.25) is 4.98 Å². The number of halogens is 3. The second-order valence-corrected chi connectivity index (χ2v) is 7.65. The summed E-state index contributed by atoms with van der Waals surface area (Å²) >= 11 is 0. The van der Waals surface area contributed by atoms with Gasteiger partial charge in [0, 0.05) is 31.7 Å². The summed E-state index contributed by atoms with van der Waals surface area (Å²) in [5.74, 6) is -0.304. The molecule has 1 saturated carbocycles. The fraction of sp³-hybridized carbons (Fsp3) is 0.304. The lowest BCUT2D eigenvalue weighted by Gasteiger charge is -2.24. The molecule has 6 nitrogen and oxygen atoms in total. The molecule has 0 bridgehead atoms. The third-order valence-electron chi connectivity index (χ3n) is 5.26. The molecule has 1 aliphatic carbocycles. The Labute approximate surface area is 183 Å². The van der Waals surface area contributed by atoms with E-state index in [2.05, 4.69) is 20.3 Å². The van der Waals surface area contributed by atoms with Crippen LogP contribution in [0.15, 0.2) is 48.9 Å². The zero-order valence-corrected chi connectivity index (χ0v) is 17.2. The highest BCUT2D eigenvalue weighted by molar-refractivity contribution is 5.55. The van der Waals surface area contributed by atoms with Gasteiger partial charge in [-0.2, -0.15) is 4.39 Å². The molecule has 3 aromatic rings. The van der Waals surface area contributed by atoms with Gasteiger partial charge in [-0.15, -0.1) is 0 Å². The molecule has 1 aliphatic rings. The van der Waals surface area contributed by atoms with Crippen molar-refractivity contribution in [1.82, 2.24) is 15.0 Å². The zero-order valence-electron chi connectivity index (χ0n) is 17.2. The van der Waals surface area contributed by atoms with Crippen LogP contribution in [0.5, 0.6) is 0 Å². The molecule has 0 atom stereocenters. The van der Waals surface area contributed by atoms with Crippen molar-refractivity contribution < 1.29 is 18.0 Å². The number of aldehydes is 1. The first-order chi connectivity index (χ1) is 15.5. The van der Waals surface area contributed by atoms with Crippen LogP contribution in [0.1, 0.15) is 41.7 Å². The van der Waals surface area contributed by atoms with E-state index >= 15 is 4.39 Å². The normalized spacial score (nSPS) is 13.2. The first-order valence-corrected chi connectivity index (χ1v) is 10.3. The van der Waals surface area contributed by atoms with E-state index in [0.717, 1.165) is 30.3 Å². The molecule has 0 radical (unpaired) electrons. The first kappa shape index (κ1) is 21.7. The zero-order chi connectivity index (χ0) is 22.5. The Morgan fingerprint density at radius 1 is 1.03 bits per heavy atom. The Kier molecular flexibility index (Phi) is 6.63. The minimum atomic E-state index is -2.63. The van der Waals surface area contributed by atoms with E-state index in [-0.39, 0.29) is 23.4 Å². The van der Waals surface area contributed by atoms with Gasteiger partial charge in [-0.05, 0) is 35.6 Å². The van der Waals surface area contributed by atoms with E-state index in [0.29, 0.717) is 25.1 Å². The van der Waals surface area contributed by atoms with Gasteiger partial charge in [0.15, 0.2) is 11.6 Å². The lowest BCUT2D eigenvalue weighted by Crippen LogP contribution is -2.27. The topological polar surface area (TPSA) is 71.0 Å². The van der Waals surface area contributed by atoms with Gasteiger partial charge >= 0.3 is 0 Å². The van der Waals surface area contributed by atoms with Crippen molar-refractivity contribution in [2.45, 2.75) is 44.8 Å². The number of nitrogens with zero attached hydrogens (tertiary/aromatic N) is 4. The molecular formula is C23H22F3N5O. The number of pyridine rings is 1. The molecule has 0 amide bonds. The summed E-state index contributed by atoms with van der Waals surface area (Å²) in [6.07, 6.45) is 3.08. The number of alkyl halides is 2. The van der Waals surface area contributed by atoms with Crippen LogP contribution in [0, 0.1) is 5.82 Å². The summed E-state index contributed by atoms with van der Waals surface area (Å²) in [6.45, 7) is 0.671. The van der Waals surface area contributed by atoms with Crippen LogP contribution in [-0.4, -0.2) is 27.3 Å². The summed E-state index contributed by atoms with van der Waals surface area (Å²) < 4.78 is 40.8. The monoisotopic (exact) mass is 441 g/mol. The molecule has 2 heterocycles. The fourth-order valence-corrected chi connectivity index (χ4v) is 3.38. The van der Waals surface area contributed by atoms with Crippen molar-refractivity contribution in [2.75, 3.05) is 10.2 Å². The van der Waals surface area contributed by atoms with E-state index in [1.165, 1.54) is 18.6 Å². The number of anilines is 2. The largest absolute Gasteiger partial charge is 0.363 e. The molecule has 0 unspecified atom stereocenters. The highest BCUT2D eigenvalue weighted by Crippen LogP contribution is 2.34. The maximum Gasteiger partial charge on any atom is 0.280 e. The average Bonchev–Trinajstić information content (AvgIpc) is 3.64. The standard InChI is InChI=1S/C23H22F3N5O/c24-20-22(28-11-16-3-1-15(2-4-16)9-10-32)29-14-30-23(20)31(18-6-7-18)13-17-5-8-19(21(25)26)27-12-17/h1-5,8,10,12,14,18,21H,6-7,9,11,13H2,(H,28,29,30). The van der Waals surface area contributed by atoms with Crippen LogP contribution < -0.4 is 10.2 Å². The molecule has 0 saturated heterocycles. The van der Waals surface area contributed by atoms with Gasteiger partial charge in [0.1, 0.15) is 18.3 Å². The fourth-order valence-electron chi connectivity index (χ4n) is 3.38. The maximum absolute atomic E-state index is 15.3. The van der Waals surface area contributed by atoms with Crippen molar-refractivity contribution in [3.05, 3.63) is 77.1 Å². The quantitative estimate of drug-likeness (QED) is 0.468. The Hall–Kier alpha value is -3.49. The van der Waals surface area contributed by atoms with Crippen LogP contribution in [0.4, 0.5) is 24.8 Å². The summed E-state index contributed by atoms with van der Waals surface area (Å²) in [6, 6.07) is 10.5. The van der Waals surface area contributed by atoms with Crippen molar-refractivity contribution in [1.29, 1.82) is 0 Å². The molecule has 1 fully saturated rings. The summed E-state index contributed by atoms with van der Waals surface area (Å²) in [5.41, 5.74) is 2.24. The summed E-state index contributed by atoms with van der Waals surface area (Å²) in [5, 5.41) is 3.00. The van der Waals surface area contributed by atoms with Crippen LogP contribution >= 0.6 is 0 Å². The Morgan fingerprint density at radius 3 is 2.38 bits per heavy atom. The molecule has 0 aliphatic heterocycles. The number of benzene rings is 1. The number of aromatic nitrogens is 3. The number of hydrogen-bond donors (Lipinski definition) is 1. The van der Waals surface area contributed by atoms with Crippen molar-refractivity contribution in [3.63, 3.8) is 0 Å². The van der Waals surface area contributed by atoms with E-state index in [1.807, 2.05) is 29.2 Å². The second-order valence-electron chi connectivity index (χ2n) is 7.65. The number of carbonyl (C=O) groups excluding carboxylic acids is 1. The minimum absolute atomic E-state index is 0.0868. The highest BCUT2D eigenvalue weighted by Gasteiger charge is 2.32. The molecule has 4 rings (SSSR count). The van der Waals surface area contributed by atoms with Gasteiger partial charge in [-0.1, -0.05) is 30.3 Å². The Balaban J connectivity index is 1.48. The van der Waals surface area contributed by atoms with Crippen molar-refractivity contribution in [3.8, 4) is 0 Å². The number of rotatable bonds is 10. The first-order valence-electron chi connectivity index (χ1n) is 10.3. The second kappa shape index (κ2) is 9.76. The lowest BCUT2D eigenvalue weighted by molar-refractivity contribution is -0.107. The summed E-state index contributed by atoms with van der Waals surface area (Å²) in [7, 11) is 0. The van der Waals surface area contributed by atoms with Gasteiger partial charge in [-0.25, -0.2) is 18.7 Å². The average molecular weight is 441 g/mol. The number of nitrogens with one attached hydrogen (secondary N) is 1. The molecule has 2 aromatic heterocycles. The molecule has 32 heavy (non-hydrogen) atoms. The van der Waals surface area contributed by atoms with Crippen LogP contribution in [0.3, 0.4) is 0 Å². The van der Waals surface area contributed by atoms with Crippen LogP contribution in [-0.2, 0) is 24.3 Å². The van der Waals surface area contributed by atoms with E-state index in [1.54, 1.807) is 6.07 Å². The third-order valence-corrected chi connectivity index (χ3v) is 5.26. The van der Waals surface area contributed by atoms with Crippen molar-refractivity contribution in [2.24, 2.45) is 0 Å². The maximum atomic E-state index is 15.3. The van der Waals surface area contributed by atoms with Gasteiger partial charge in [0.25, 0.3) is 6.43 Å². The molecule has 0 spiro atoms.